The number of piperazine rings is 1. The molecule has 0 unspecified atom stereocenters. The Kier molecular flexibility index (Phi) is 5.27. The number of rotatable bonds is 3. The number of fused-ring (bicyclic) bond motifs is 1. The van der Waals surface area contributed by atoms with E-state index in [-0.39, 0.29) is 25.1 Å². The molecule has 0 aromatic heterocycles. The first kappa shape index (κ1) is 15.9. The van der Waals surface area contributed by atoms with Crippen molar-refractivity contribution >= 4 is 24.0 Å². The van der Waals surface area contributed by atoms with Crippen LogP contribution in [0.2, 0.25) is 0 Å². The van der Waals surface area contributed by atoms with E-state index < -0.39 is 0 Å². The van der Waals surface area contributed by atoms with E-state index in [4.69, 9.17) is 9.47 Å². The predicted molar refractivity (Wildman–Crippen MR) is 82.3 cm³/mol. The summed E-state index contributed by atoms with van der Waals surface area (Å²) in [6.07, 6.45) is 0. The second-order valence-electron chi connectivity index (χ2n) is 5.14. The third kappa shape index (κ3) is 3.78. The third-order valence-corrected chi connectivity index (χ3v) is 3.64. The molecule has 6 nitrogen and oxygen atoms in total. The number of ether oxygens (including phenoxy) is 2. The molecule has 1 aromatic rings. The van der Waals surface area contributed by atoms with Gasteiger partial charge in [-0.25, -0.2) is 0 Å². The summed E-state index contributed by atoms with van der Waals surface area (Å²) in [6, 6.07) is 5.81. The molecule has 3 rings (SSSR count). The molecule has 2 aliphatic rings. The minimum absolute atomic E-state index is 0. The van der Waals surface area contributed by atoms with E-state index in [0.29, 0.717) is 18.3 Å². The van der Waals surface area contributed by atoms with Crippen LogP contribution in [0.15, 0.2) is 18.2 Å². The number of hydrogen-bond acceptors (Lipinski definition) is 5. The van der Waals surface area contributed by atoms with Crippen LogP contribution in [0, 0.1) is 0 Å². The Labute approximate surface area is 130 Å². The SMILES string of the molecule is C[C@@H]1CNCCN1CC(=O)Nc1ccc2c(c1)OCO2.Cl. The number of anilines is 1. The van der Waals surface area contributed by atoms with Crippen molar-refractivity contribution in [1.29, 1.82) is 0 Å². The smallest absolute Gasteiger partial charge is 0.238 e. The van der Waals surface area contributed by atoms with Crippen LogP contribution in [-0.4, -0.2) is 49.8 Å². The van der Waals surface area contributed by atoms with Crippen LogP contribution in [0.25, 0.3) is 0 Å². The average Bonchev–Trinajstić information content (AvgIpc) is 2.89. The highest BCUT2D eigenvalue weighted by molar-refractivity contribution is 5.92. The highest BCUT2D eigenvalue weighted by Crippen LogP contribution is 2.34. The van der Waals surface area contributed by atoms with E-state index in [1.165, 1.54) is 0 Å². The van der Waals surface area contributed by atoms with E-state index in [2.05, 4.69) is 22.5 Å². The zero-order valence-corrected chi connectivity index (χ0v) is 12.7. The fourth-order valence-corrected chi connectivity index (χ4v) is 2.48. The van der Waals surface area contributed by atoms with Crippen LogP contribution in [0.3, 0.4) is 0 Å². The largest absolute Gasteiger partial charge is 0.454 e. The van der Waals surface area contributed by atoms with Gasteiger partial charge >= 0.3 is 0 Å². The molecular formula is C14H20ClN3O3. The van der Waals surface area contributed by atoms with Gasteiger partial charge in [0.05, 0.1) is 6.54 Å². The van der Waals surface area contributed by atoms with Crippen LogP contribution in [-0.2, 0) is 4.79 Å². The van der Waals surface area contributed by atoms with E-state index in [1.807, 2.05) is 12.1 Å². The Bertz CT molecular complexity index is 512. The second-order valence-corrected chi connectivity index (χ2v) is 5.14. The Morgan fingerprint density at radius 1 is 1.43 bits per heavy atom. The number of carbonyl (C=O) groups excluding carboxylic acids is 1. The van der Waals surface area contributed by atoms with E-state index >= 15 is 0 Å². The molecule has 2 heterocycles. The Balaban J connectivity index is 0.00000161. The first-order valence-electron chi connectivity index (χ1n) is 6.86. The molecule has 1 aromatic carbocycles. The summed E-state index contributed by atoms with van der Waals surface area (Å²) in [7, 11) is 0. The van der Waals surface area contributed by atoms with Crippen LogP contribution in [0.5, 0.6) is 11.5 Å². The molecule has 0 radical (unpaired) electrons. The van der Waals surface area contributed by atoms with Gasteiger partial charge in [-0.2, -0.15) is 0 Å². The molecule has 1 amide bonds. The van der Waals surface area contributed by atoms with Crippen molar-refractivity contribution in [2.45, 2.75) is 13.0 Å². The maximum Gasteiger partial charge on any atom is 0.238 e. The maximum atomic E-state index is 12.1. The summed E-state index contributed by atoms with van der Waals surface area (Å²) in [4.78, 5) is 14.3. The lowest BCUT2D eigenvalue weighted by molar-refractivity contribution is -0.118. The lowest BCUT2D eigenvalue weighted by Gasteiger charge is -2.33. The summed E-state index contributed by atoms with van der Waals surface area (Å²) < 4.78 is 10.5. The molecule has 0 bridgehead atoms. The van der Waals surface area contributed by atoms with E-state index in [9.17, 15) is 4.79 Å². The molecule has 0 saturated carbocycles. The molecule has 0 spiro atoms. The van der Waals surface area contributed by atoms with Gasteiger partial charge in [0, 0.05) is 37.4 Å². The minimum atomic E-state index is -0.00221. The summed E-state index contributed by atoms with van der Waals surface area (Å²) in [5, 5.41) is 6.21. The third-order valence-electron chi connectivity index (χ3n) is 3.64. The second kappa shape index (κ2) is 6.98. The number of benzene rings is 1. The molecule has 7 heteroatoms. The fourth-order valence-electron chi connectivity index (χ4n) is 2.48. The van der Waals surface area contributed by atoms with Gasteiger partial charge in [-0.05, 0) is 19.1 Å². The quantitative estimate of drug-likeness (QED) is 0.874. The Morgan fingerprint density at radius 2 is 2.24 bits per heavy atom. The maximum absolute atomic E-state index is 12.1. The van der Waals surface area contributed by atoms with Crippen molar-refractivity contribution in [2.75, 3.05) is 38.3 Å². The molecule has 116 valence electrons. The van der Waals surface area contributed by atoms with Crippen molar-refractivity contribution in [3.05, 3.63) is 18.2 Å². The van der Waals surface area contributed by atoms with Gasteiger partial charge in [0.1, 0.15) is 0 Å². The van der Waals surface area contributed by atoms with Crippen molar-refractivity contribution in [1.82, 2.24) is 10.2 Å². The van der Waals surface area contributed by atoms with Crippen molar-refractivity contribution in [2.24, 2.45) is 0 Å². The van der Waals surface area contributed by atoms with Crippen molar-refractivity contribution in [3.8, 4) is 11.5 Å². The molecule has 21 heavy (non-hydrogen) atoms. The molecule has 2 N–H and O–H groups in total. The molecule has 1 saturated heterocycles. The lowest BCUT2D eigenvalue weighted by atomic mass is 10.2. The molecule has 1 atom stereocenters. The van der Waals surface area contributed by atoms with Crippen LogP contribution in [0.1, 0.15) is 6.92 Å². The van der Waals surface area contributed by atoms with Crippen LogP contribution in [0.4, 0.5) is 5.69 Å². The normalized spacial score (nSPS) is 20.7. The van der Waals surface area contributed by atoms with Gasteiger partial charge in [-0.3, -0.25) is 9.69 Å². The van der Waals surface area contributed by atoms with E-state index in [0.717, 1.165) is 31.1 Å². The zero-order valence-electron chi connectivity index (χ0n) is 11.9. The first-order chi connectivity index (χ1) is 9.72. The first-order valence-corrected chi connectivity index (χ1v) is 6.86. The molecular weight excluding hydrogens is 294 g/mol. The van der Waals surface area contributed by atoms with E-state index in [1.54, 1.807) is 6.07 Å². The molecule has 0 aliphatic carbocycles. The fraction of sp³-hybridized carbons (Fsp3) is 0.500. The van der Waals surface area contributed by atoms with Gasteiger partial charge in [0.2, 0.25) is 12.7 Å². The minimum Gasteiger partial charge on any atom is -0.454 e. The van der Waals surface area contributed by atoms with Crippen molar-refractivity contribution < 1.29 is 14.3 Å². The number of carbonyl (C=O) groups is 1. The van der Waals surface area contributed by atoms with Gasteiger partial charge in [0.25, 0.3) is 0 Å². The standard InChI is InChI=1S/C14H19N3O3.ClH/c1-10-7-15-4-5-17(10)8-14(18)16-11-2-3-12-13(6-11)20-9-19-12;/h2-3,6,10,15H,4-5,7-9H2,1H3,(H,16,18);1H/t10-;/m1./s1. The summed E-state index contributed by atoms with van der Waals surface area (Å²) in [6.45, 7) is 5.54. The average molecular weight is 314 g/mol. The van der Waals surface area contributed by atoms with Gasteiger partial charge in [-0.15, -0.1) is 12.4 Å². The summed E-state index contributed by atoms with van der Waals surface area (Å²) in [5.74, 6) is 1.40. The number of halogens is 1. The van der Waals surface area contributed by atoms with Gasteiger partial charge in [0.15, 0.2) is 11.5 Å². The Morgan fingerprint density at radius 3 is 3.05 bits per heavy atom. The number of nitrogens with one attached hydrogen (secondary N) is 2. The zero-order chi connectivity index (χ0) is 13.9. The summed E-state index contributed by atoms with van der Waals surface area (Å²) in [5.41, 5.74) is 0.738. The highest BCUT2D eigenvalue weighted by Gasteiger charge is 2.20. The summed E-state index contributed by atoms with van der Waals surface area (Å²) >= 11 is 0. The predicted octanol–water partition coefficient (Wildman–Crippen LogP) is 1.07. The molecule has 2 aliphatic heterocycles. The number of hydrogen-bond donors (Lipinski definition) is 2. The van der Waals surface area contributed by atoms with Gasteiger partial charge in [-0.1, -0.05) is 0 Å². The highest BCUT2D eigenvalue weighted by atomic mass is 35.5. The Hall–Kier alpha value is -1.50. The van der Waals surface area contributed by atoms with Crippen molar-refractivity contribution in [3.63, 3.8) is 0 Å². The lowest BCUT2D eigenvalue weighted by Crippen LogP contribution is -2.51. The number of amides is 1. The topological polar surface area (TPSA) is 62.8 Å². The number of nitrogens with zero attached hydrogens (tertiary/aromatic N) is 1. The monoisotopic (exact) mass is 313 g/mol. The van der Waals surface area contributed by atoms with Crippen LogP contribution < -0.4 is 20.1 Å². The van der Waals surface area contributed by atoms with Gasteiger partial charge < -0.3 is 20.1 Å². The molecule has 1 fully saturated rings. The van der Waals surface area contributed by atoms with Crippen LogP contribution >= 0.6 is 12.4 Å².